The van der Waals surface area contributed by atoms with Gasteiger partial charge < -0.3 is 14.2 Å². The van der Waals surface area contributed by atoms with Gasteiger partial charge >= 0.3 is 17.9 Å². The minimum atomic E-state index is -0.760. The van der Waals surface area contributed by atoms with Crippen LogP contribution in [0.3, 0.4) is 0 Å². The zero-order valence-corrected chi connectivity index (χ0v) is 42.2. The van der Waals surface area contributed by atoms with Gasteiger partial charge in [0.1, 0.15) is 13.2 Å². The predicted octanol–water partition coefficient (Wildman–Crippen LogP) is 18.4. The average Bonchev–Trinajstić information content (AvgIpc) is 3.27. The van der Waals surface area contributed by atoms with E-state index in [4.69, 9.17) is 14.2 Å². The lowest BCUT2D eigenvalue weighted by Crippen LogP contribution is -2.30. The molecule has 0 rings (SSSR count). The largest absolute Gasteiger partial charge is 0.462 e. The summed E-state index contributed by atoms with van der Waals surface area (Å²) >= 11 is 0. The van der Waals surface area contributed by atoms with E-state index in [1.54, 1.807) is 0 Å². The summed E-state index contributed by atoms with van der Waals surface area (Å²) in [6, 6.07) is 0. The molecule has 0 aliphatic heterocycles. The maximum absolute atomic E-state index is 12.8. The van der Waals surface area contributed by atoms with Crippen LogP contribution in [0.1, 0.15) is 323 Å². The van der Waals surface area contributed by atoms with E-state index in [9.17, 15) is 14.4 Å². The van der Waals surface area contributed by atoms with Gasteiger partial charge in [0.25, 0.3) is 0 Å². The van der Waals surface area contributed by atoms with Gasteiger partial charge in [-0.2, -0.15) is 0 Å². The van der Waals surface area contributed by atoms with E-state index in [0.717, 1.165) is 57.8 Å². The highest BCUT2D eigenvalue weighted by Crippen LogP contribution is 2.17. The molecular formula is C56H108O6. The molecule has 0 aromatic carbocycles. The Hall–Kier alpha value is -1.59. The van der Waals surface area contributed by atoms with Crippen molar-refractivity contribution >= 4 is 17.9 Å². The molecule has 0 saturated carbocycles. The first-order chi connectivity index (χ1) is 30.5. The number of esters is 3. The maximum atomic E-state index is 12.8. The van der Waals surface area contributed by atoms with E-state index in [2.05, 4.69) is 20.8 Å². The summed E-state index contributed by atoms with van der Waals surface area (Å²) in [6.45, 7) is 6.68. The fourth-order valence-corrected chi connectivity index (χ4v) is 8.62. The van der Waals surface area contributed by atoms with E-state index >= 15 is 0 Å². The van der Waals surface area contributed by atoms with Gasteiger partial charge in [-0.15, -0.1) is 0 Å². The minimum absolute atomic E-state index is 0.0616. The Labute approximate surface area is 387 Å². The molecule has 0 unspecified atom stereocenters. The Bertz CT molecular complexity index is 920. The molecule has 0 heterocycles. The van der Waals surface area contributed by atoms with Crippen LogP contribution in [-0.4, -0.2) is 37.2 Å². The smallest absolute Gasteiger partial charge is 0.306 e. The van der Waals surface area contributed by atoms with Gasteiger partial charge in [-0.05, 0) is 19.3 Å². The summed E-state index contributed by atoms with van der Waals surface area (Å²) in [7, 11) is 0. The van der Waals surface area contributed by atoms with Crippen LogP contribution in [0, 0.1) is 0 Å². The van der Waals surface area contributed by atoms with E-state index in [1.807, 2.05) is 0 Å². The van der Waals surface area contributed by atoms with Crippen LogP contribution in [0.25, 0.3) is 0 Å². The van der Waals surface area contributed by atoms with Crippen molar-refractivity contribution in [1.29, 1.82) is 0 Å². The molecule has 0 saturated heterocycles. The normalized spacial score (nSPS) is 11.9. The summed E-state index contributed by atoms with van der Waals surface area (Å²) in [5.41, 5.74) is 0. The fraction of sp³-hybridized carbons (Fsp3) is 0.946. The van der Waals surface area contributed by atoms with Crippen molar-refractivity contribution < 1.29 is 28.6 Å². The third kappa shape index (κ3) is 49.4. The van der Waals surface area contributed by atoms with Gasteiger partial charge in [-0.3, -0.25) is 14.4 Å². The molecule has 0 aliphatic rings. The number of unbranched alkanes of at least 4 members (excludes halogenated alkanes) is 41. The highest BCUT2D eigenvalue weighted by Gasteiger charge is 2.19. The summed E-state index contributed by atoms with van der Waals surface area (Å²) in [5, 5.41) is 0. The van der Waals surface area contributed by atoms with Gasteiger partial charge in [-0.25, -0.2) is 0 Å². The van der Waals surface area contributed by atoms with Crippen molar-refractivity contribution in [2.75, 3.05) is 13.2 Å². The molecule has 0 amide bonds. The van der Waals surface area contributed by atoms with Crippen LogP contribution >= 0.6 is 0 Å². The first-order valence-corrected chi connectivity index (χ1v) is 28.0. The second-order valence-corrected chi connectivity index (χ2v) is 19.2. The van der Waals surface area contributed by atoms with Crippen LogP contribution in [0.2, 0.25) is 0 Å². The first kappa shape index (κ1) is 60.4. The second kappa shape index (κ2) is 52.0. The van der Waals surface area contributed by atoms with Crippen LogP contribution in [0.15, 0.2) is 0 Å². The molecule has 0 aliphatic carbocycles. The number of carbonyl (C=O) groups excluding carboxylic acids is 3. The maximum Gasteiger partial charge on any atom is 0.306 e. The fourth-order valence-electron chi connectivity index (χ4n) is 8.62. The molecule has 0 spiro atoms. The molecule has 1 atom stereocenters. The van der Waals surface area contributed by atoms with Crippen molar-refractivity contribution in [3.8, 4) is 0 Å². The van der Waals surface area contributed by atoms with Gasteiger partial charge in [0.05, 0.1) is 0 Å². The Morgan fingerprint density at radius 3 is 0.645 bits per heavy atom. The van der Waals surface area contributed by atoms with E-state index < -0.39 is 6.10 Å². The lowest BCUT2D eigenvalue weighted by molar-refractivity contribution is -0.167. The minimum Gasteiger partial charge on any atom is -0.462 e. The zero-order valence-electron chi connectivity index (χ0n) is 42.2. The Morgan fingerprint density at radius 1 is 0.258 bits per heavy atom. The molecular weight excluding hydrogens is 769 g/mol. The van der Waals surface area contributed by atoms with Crippen LogP contribution in [0.4, 0.5) is 0 Å². The monoisotopic (exact) mass is 877 g/mol. The zero-order chi connectivity index (χ0) is 45.1. The van der Waals surface area contributed by atoms with Crippen molar-refractivity contribution in [2.24, 2.45) is 0 Å². The number of rotatable bonds is 52. The molecule has 62 heavy (non-hydrogen) atoms. The Balaban J connectivity index is 4.21. The quantitative estimate of drug-likeness (QED) is 0.0344. The number of carbonyl (C=O) groups is 3. The van der Waals surface area contributed by atoms with Crippen LogP contribution in [0.5, 0.6) is 0 Å². The van der Waals surface area contributed by atoms with Gasteiger partial charge in [0.2, 0.25) is 0 Å². The number of hydrogen-bond acceptors (Lipinski definition) is 6. The molecule has 6 nitrogen and oxygen atoms in total. The van der Waals surface area contributed by atoms with Gasteiger partial charge in [-0.1, -0.05) is 284 Å². The summed E-state index contributed by atoms with van der Waals surface area (Å²) in [5.74, 6) is -0.838. The molecule has 0 aromatic heterocycles. The highest BCUT2D eigenvalue weighted by atomic mass is 16.6. The van der Waals surface area contributed by atoms with Gasteiger partial charge in [0, 0.05) is 19.3 Å². The molecule has 0 N–H and O–H groups in total. The van der Waals surface area contributed by atoms with Crippen LogP contribution in [-0.2, 0) is 28.6 Å². The van der Waals surface area contributed by atoms with Crippen molar-refractivity contribution in [1.82, 2.24) is 0 Å². The van der Waals surface area contributed by atoms with E-state index in [-0.39, 0.29) is 31.1 Å². The number of ether oxygens (including phenoxy) is 3. The molecule has 0 fully saturated rings. The first-order valence-electron chi connectivity index (χ1n) is 28.0. The lowest BCUT2D eigenvalue weighted by Gasteiger charge is -2.18. The standard InChI is InChI=1S/C56H108O6/c1-4-7-10-13-16-19-22-24-25-26-27-28-29-30-31-32-35-38-41-44-47-50-56(59)62-53(51-60-54(57)48-45-42-39-36-33-21-18-15-12-9-6-3)52-61-55(58)49-46-43-40-37-34-23-20-17-14-11-8-5-2/h53H,4-52H2,1-3H3/t53-/m0/s1. The Kier molecular flexibility index (Phi) is 50.7. The predicted molar refractivity (Wildman–Crippen MR) is 266 cm³/mol. The van der Waals surface area contributed by atoms with Crippen molar-refractivity contribution in [3.05, 3.63) is 0 Å². The summed E-state index contributed by atoms with van der Waals surface area (Å²) in [6.07, 6.45) is 56.7. The summed E-state index contributed by atoms with van der Waals surface area (Å²) in [4.78, 5) is 38.0. The van der Waals surface area contributed by atoms with Crippen LogP contribution < -0.4 is 0 Å². The third-order valence-electron chi connectivity index (χ3n) is 12.9. The Morgan fingerprint density at radius 2 is 0.435 bits per heavy atom. The highest BCUT2D eigenvalue weighted by molar-refractivity contribution is 5.71. The summed E-state index contributed by atoms with van der Waals surface area (Å²) < 4.78 is 16.8. The van der Waals surface area contributed by atoms with Crippen molar-refractivity contribution in [2.45, 2.75) is 329 Å². The average molecular weight is 877 g/mol. The van der Waals surface area contributed by atoms with Gasteiger partial charge in [0.15, 0.2) is 6.10 Å². The SMILES string of the molecule is CCCCCCCCCCCCCCCCCCCCCCCC(=O)O[C@@H](COC(=O)CCCCCCCCCCCCC)COC(=O)CCCCCCCCCCCCCC. The molecule has 368 valence electrons. The van der Waals surface area contributed by atoms with E-state index in [1.165, 1.54) is 225 Å². The topological polar surface area (TPSA) is 78.9 Å². The molecule has 0 radical (unpaired) electrons. The second-order valence-electron chi connectivity index (χ2n) is 19.2. The lowest BCUT2D eigenvalue weighted by atomic mass is 10.0. The molecule has 0 aromatic rings. The van der Waals surface area contributed by atoms with Crippen molar-refractivity contribution in [3.63, 3.8) is 0 Å². The van der Waals surface area contributed by atoms with E-state index in [0.29, 0.717) is 19.3 Å². The molecule has 0 bridgehead atoms. The molecule has 6 heteroatoms. The third-order valence-corrected chi connectivity index (χ3v) is 12.9. The number of hydrogen-bond donors (Lipinski definition) is 0.